The van der Waals surface area contributed by atoms with Crippen LogP contribution in [0.25, 0.3) is 0 Å². The largest absolute Gasteiger partial charge is 0.508 e. The Morgan fingerprint density at radius 3 is 2.75 bits per heavy atom. The van der Waals surface area contributed by atoms with Crippen molar-refractivity contribution >= 4 is 0 Å². The standard InChI is InChI=1S/C16H16O4/c1-19-15-7-4-11(8-13(15)18)14-6-3-10-2-5-12(17)9-16(10)20-14/h2,4-5,7-9,14,17-18H,3,6H2,1H3/t14-/m0/s1. The van der Waals surface area contributed by atoms with Gasteiger partial charge < -0.3 is 19.7 Å². The Morgan fingerprint density at radius 2 is 2.00 bits per heavy atom. The number of phenolic OH excluding ortho intramolecular Hbond substituents is 2. The van der Waals surface area contributed by atoms with Crippen molar-refractivity contribution in [3.8, 4) is 23.0 Å². The van der Waals surface area contributed by atoms with Crippen molar-refractivity contribution in [3.63, 3.8) is 0 Å². The third-order valence-corrected chi connectivity index (χ3v) is 3.57. The molecule has 1 aliphatic heterocycles. The molecular weight excluding hydrogens is 256 g/mol. The number of hydrogen-bond donors (Lipinski definition) is 2. The third-order valence-electron chi connectivity index (χ3n) is 3.57. The minimum absolute atomic E-state index is 0.107. The van der Waals surface area contributed by atoms with E-state index >= 15 is 0 Å². The molecule has 104 valence electrons. The lowest BCUT2D eigenvalue weighted by atomic mass is 9.97. The van der Waals surface area contributed by atoms with Crippen molar-refractivity contribution in [2.75, 3.05) is 7.11 Å². The molecule has 4 heteroatoms. The molecule has 2 aromatic rings. The molecule has 0 saturated carbocycles. The number of ether oxygens (including phenoxy) is 2. The summed E-state index contributed by atoms with van der Waals surface area (Å²) >= 11 is 0. The highest BCUT2D eigenvalue weighted by molar-refractivity contribution is 5.45. The van der Waals surface area contributed by atoms with Crippen LogP contribution >= 0.6 is 0 Å². The first-order chi connectivity index (χ1) is 9.67. The van der Waals surface area contributed by atoms with E-state index in [-0.39, 0.29) is 17.6 Å². The number of rotatable bonds is 2. The van der Waals surface area contributed by atoms with Crippen LogP contribution in [0.4, 0.5) is 0 Å². The van der Waals surface area contributed by atoms with Crippen LogP contribution in [-0.2, 0) is 6.42 Å². The van der Waals surface area contributed by atoms with Crippen molar-refractivity contribution in [3.05, 3.63) is 47.5 Å². The predicted octanol–water partition coefficient (Wildman–Crippen LogP) is 3.17. The van der Waals surface area contributed by atoms with E-state index in [0.29, 0.717) is 11.5 Å². The lowest BCUT2D eigenvalue weighted by Gasteiger charge is -2.26. The van der Waals surface area contributed by atoms with E-state index in [1.165, 1.54) is 7.11 Å². The fraction of sp³-hybridized carbons (Fsp3) is 0.250. The fourth-order valence-electron chi connectivity index (χ4n) is 2.50. The summed E-state index contributed by atoms with van der Waals surface area (Å²) in [4.78, 5) is 0. The maximum absolute atomic E-state index is 9.84. The summed E-state index contributed by atoms with van der Waals surface area (Å²) in [7, 11) is 1.52. The molecule has 0 bridgehead atoms. The summed E-state index contributed by atoms with van der Waals surface area (Å²) in [5, 5.41) is 19.4. The molecule has 0 amide bonds. The van der Waals surface area contributed by atoms with Crippen molar-refractivity contribution in [2.24, 2.45) is 0 Å². The quantitative estimate of drug-likeness (QED) is 0.881. The SMILES string of the molecule is COc1ccc([C@@H]2CCc3ccc(O)cc3O2)cc1O. The normalized spacial score (nSPS) is 17.1. The van der Waals surface area contributed by atoms with Gasteiger partial charge in [0.2, 0.25) is 0 Å². The summed E-state index contributed by atoms with van der Waals surface area (Å²) in [5.41, 5.74) is 1.99. The van der Waals surface area contributed by atoms with Gasteiger partial charge >= 0.3 is 0 Å². The van der Waals surface area contributed by atoms with Gasteiger partial charge in [-0.3, -0.25) is 0 Å². The van der Waals surface area contributed by atoms with Gasteiger partial charge in [-0.25, -0.2) is 0 Å². The Bertz CT molecular complexity index is 636. The maximum atomic E-state index is 9.84. The van der Waals surface area contributed by atoms with Crippen molar-refractivity contribution in [1.29, 1.82) is 0 Å². The molecule has 0 unspecified atom stereocenters. The Hall–Kier alpha value is -2.36. The van der Waals surface area contributed by atoms with E-state index in [9.17, 15) is 10.2 Å². The molecule has 4 nitrogen and oxygen atoms in total. The van der Waals surface area contributed by atoms with Crippen LogP contribution in [0.3, 0.4) is 0 Å². The molecule has 3 rings (SSSR count). The zero-order chi connectivity index (χ0) is 14.1. The molecular formula is C16H16O4. The summed E-state index contributed by atoms with van der Waals surface area (Å²) in [6.07, 6.45) is 1.59. The second-order valence-corrected chi connectivity index (χ2v) is 4.87. The average Bonchev–Trinajstić information content (AvgIpc) is 2.46. The highest BCUT2D eigenvalue weighted by Gasteiger charge is 2.22. The first-order valence-corrected chi connectivity index (χ1v) is 6.53. The topological polar surface area (TPSA) is 58.9 Å². The van der Waals surface area contributed by atoms with Crippen LogP contribution in [0, 0.1) is 0 Å². The number of aryl methyl sites for hydroxylation is 1. The molecule has 0 spiro atoms. The lowest BCUT2D eigenvalue weighted by Crippen LogP contribution is -2.15. The molecule has 20 heavy (non-hydrogen) atoms. The van der Waals surface area contributed by atoms with E-state index in [0.717, 1.165) is 24.0 Å². The van der Waals surface area contributed by atoms with E-state index in [2.05, 4.69) is 0 Å². The van der Waals surface area contributed by atoms with Gasteiger partial charge in [0.05, 0.1) is 7.11 Å². The molecule has 0 aliphatic carbocycles. The molecule has 0 aromatic heterocycles. The number of methoxy groups -OCH3 is 1. The molecule has 1 aliphatic rings. The van der Waals surface area contributed by atoms with Gasteiger partial charge in [0, 0.05) is 6.07 Å². The van der Waals surface area contributed by atoms with Crippen LogP contribution in [0.1, 0.15) is 23.7 Å². The molecule has 1 heterocycles. The molecule has 2 N–H and O–H groups in total. The molecule has 1 atom stereocenters. The lowest BCUT2D eigenvalue weighted by molar-refractivity contribution is 0.175. The summed E-state index contributed by atoms with van der Waals surface area (Å²) in [6.45, 7) is 0. The van der Waals surface area contributed by atoms with Crippen molar-refractivity contribution in [2.45, 2.75) is 18.9 Å². The Morgan fingerprint density at radius 1 is 1.15 bits per heavy atom. The van der Waals surface area contributed by atoms with Gasteiger partial charge in [-0.05, 0) is 42.2 Å². The molecule has 2 aromatic carbocycles. The second-order valence-electron chi connectivity index (χ2n) is 4.87. The minimum Gasteiger partial charge on any atom is -0.508 e. The first-order valence-electron chi connectivity index (χ1n) is 6.53. The predicted molar refractivity (Wildman–Crippen MR) is 74.5 cm³/mol. The fourth-order valence-corrected chi connectivity index (χ4v) is 2.50. The van der Waals surface area contributed by atoms with E-state index in [1.54, 1.807) is 24.3 Å². The number of fused-ring (bicyclic) bond motifs is 1. The van der Waals surface area contributed by atoms with Gasteiger partial charge in [0.1, 0.15) is 17.6 Å². The Labute approximate surface area is 117 Å². The minimum atomic E-state index is -0.124. The van der Waals surface area contributed by atoms with Gasteiger partial charge in [0.15, 0.2) is 11.5 Å². The number of phenols is 2. The smallest absolute Gasteiger partial charge is 0.160 e. The van der Waals surface area contributed by atoms with Crippen molar-refractivity contribution < 1.29 is 19.7 Å². The third kappa shape index (κ3) is 2.25. The van der Waals surface area contributed by atoms with Gasteiger partial charge in [0.25, 0.3) is 0 Å². The number of hydrogen-bond acceptors (Lipinski definition) is 4. The van der Waals surface area contributed by atoms with E-state index in [1.807, 2.05) is 12.1 Å². The Kier molecular flexibility index (Phi) is 3.14. The highest BCUT2D eigenvalue weighted by atomic mass is 16.5. The van der Waals surface area contributed by atoms with E-state index in [4.69, 9.17) is 9.47 Å². The monoisotopic (exact) mass is 272 g/mol. The van der Waals surface area contributed by atoms with E-state index < -0.39 is 0 Å². The highest BCUT2D eigenvalue weighted by Crippen LogP contribution is 2.38. The van der Waals surface area contributed by atoms with Crippen LogP contribution in [0.15, 0.2) is 36.4 Å². The maximum Gasteiger partial charge on any atom is 0.160 e. The Balaban J connectivity index is 1.88. The molecule has 0 fully saturated rings. The second kappa shape index (κ2) is 4.96. The number of benzene rings is 2. The zero-order valence-electron chi connectivity index (χ0n) is 11.2. The van der Waals surface area contributed by atoms with Crippen LogP contribution in [0.5, 0.6) is 23.0 Å². The van der Waals surface area contributed by atoms with Gasteiger partial charge in [-0.1, -0.05) is 12.1 Å². The van der Waals surface area contributed by atoms with Crippen LogP contribution in [0.2, 0.25) is 0 Å². The molecule has 0 radical (unpaired) electrons. The van der Waals surface area contributed by atoms with Crippen LogP contribution in [-0.4, -0.2) is 17.3 Å². The van der Waals surface area contributed by atoms with Crippen molar-refractivity contribution in [1.82, 2.24) is 0 Å². The number of aromatic hydroxyl groups is 2. The molecule has 0 saturated heterocycles. The van der Waals surface area contributed by atoms with Gasteiger partial charge in [-0.2, -0.15) is 0 Å². The summed E-state index contributed by atoms with van der Waals surface area (Å²) in [6, 6.07) is 10.5. The summed E-state index contributed by atoms with van der Waals surface area (Å²) < 4.78 is 11.0. The first kappa shape index (κ1) is 12.7. The zero-order valence-corrected chi connectivity index (χ0v) is 11.2. The van der Waals surface area contributed by atoms with Crippen LogP contribution < -0.4 is 9.47 Å². The summed E-state index contributed by atoms with van der Waals surface area (Å²) in [5.74, 6) is 1.46. The van der Waals surface area contributed by atoms with Gasteiger partial charge in [-0.15, -0.1) is 0 Å². The average molecular weight is 272 g/mol.